The molecule has 7 heteroatoms. The topological polar surface area (TPSA) is 67.9 Å². The van der Waals surface area contributed by atoms with Crippen LogP contribution in [0.5, 0.6) is 5.75 Å². The molecule has 6 nitrogen and oxygen atoms in total. The first-order valence-electron chi connectivity index (χ1n) is 9.37. The highest BCUT2D eigenvalue weighted by molar-refractivity contribution is 6.02. The normalized spacial score (nSPS) is 13.9. The van der Waals surface area contributed by atoms with Crippen molar-refractivity contribution in [2.24, 2.45) is 0 Å². The van der Waals surface area contributed by atoms with Crippen LogP contribution in [0.4, 0.5) is 15.8 Å². The molecule has 0 bridgehead atoms. The average molecular weight is 398 g/mol. The Labute approximate surface area is 168 Å². The summed E-state index contributed by atoms with van der Waals surface area (Å²) in [6.45, 7) is 1.40. The predicted molar refractivity (Wildman–Crippen MR) is 109 cm³/mol. The van der Waals surface area contributed by atoms with Crippen molar-refractivity contribution < 1.29 is 23.5 Å². The van der Waals surface area contributed by atoms with Crippen LogP contribution in [0.2, 0.25) is 0 Å². The van der Waals surface area contributed by atoms with Gasteiger partial charge in [-0.05, 0) is 42.3 Å². The number of amides is 2. The first kappa shape index (κ1) is 20.5. The number of ether oxygens (including phenoxy) is 2. The molecule has 0 radical (unpaired) electrons. The Balaban J connectivity index is 1.62. The van der Waals surface area contributed by atoms with Gasteiger partial charge in [-0.15, -0.1) is 0 Å². The minimum absolute atomic E-state index is 0.131. The molecule has 1 fully saturated rings. The van der Waals surface area contributed by atoms with E-state index in [-0.39, 0.29) is 18.2 Å². The quantitative estimate of drug-likeness (QED) is 0.545. The lowest BCUT2D eigenvalue weighted by Gasteiger charge is -2.15. The van der Waals surface area contributed by atoms with Crippen LogP contribution in [-0.4, -0.2) is 38.7 Å². The number of hydrogen-bond donors (Lipinski definition) is 1. The Morgan fingerprint density at radius 2 is 2.00 bits per heavy atom. The summed E-state index contributed by atoms with van der Waals surface area (Å²) in [6, 6.07) is 11.3. The van der Waals surface area contributed by atoms with Gasteiger partial charge in [-0.2, -0.15) is 0 Å². The van der Waals surface area contributed by atoms with Crippen molar-refractivity contribution in [2.45, 2.75) is 12.8 Å². The Morgan fingerprint density at radius 1 is 1.21 bits per heavy atom. The number of nitrogens with one attached hydrogen (secondary N) is 1. The maximum Gasteiger partial charge on any atom is 0.248 e. The van der Waals surface area contributed by atoms with Crippen LogP contribution in [-0.2, 0) is 14.3 Å². The third-order valence-electron chi connectivity index (χ3n) is 4.45. The number of carbonyl (C=O) groups excluding carboxylic acids is 2. The summed E-state index contributed by atoms with van der Waals surface area (Å²) >= 11 is 0. The molecule has 0 saturated carbocycles. The Morgan fingerprint density at radius 3 is 2.69 bits per heavy atom. The number of benzene rings is 2. The van der Waals surface area contributed by atoms with Gasteiger partial charge in [0.05, 0.1) is 12.3 Å². The van der Waals surface area contributed by atoms with Gasteiger partial charge in [0.1, 0.15) is 18.2 Å². The number of carbonyl (C=O) groups is 2. The number of nitrogens with zero attached hydrogens (tertiary/aromatic N) is 1. The number of halogens is 1. The van der Waals surface area contributed by atoms with E-state index in [1.165, 1.54) is 24.3 Å². The van der Waals surface area contributed by atoms with Gasteiger partial charge in [-0.3, -0.25) is 9.59 Å². The molecule has 1 aliphatic rings. The zero-order valence-electron chi connectivity index (χ0n) is 16.2. The monoisotopic (exact) mass is 398 g/mol. The van der Waals surface area contributed by atoms with Crippen LogP contribution in [0.1, 0.15) is 18.4 Å². The Kier molecular flexibility index (Phi) is 6.97. The second kappa shape index (κ2) is 9.84. The smallest absolute Gasteiger partial charge is 0.248 e. The molecule has 1 saturated heterocycles. The fourth-order valence-corrected chi connectivity index (χ4v) is 2.99. The summed E-state index contributed by atoms with van der Waals surface area (Å²) < 4.78 is 24.0. The molecule has 0 atom stereocenters. The molecule has 152 valence electrons. The molecule has 2 aromatic rings. The van der Waals surface area contributed by atoms with E-state index in [1.54, 1.807) is 18.1 Å². The standard InChI is InChI=1S/C22H23FN2O4/c1-28-13-14-29-20-10-7-17(23)15-19(20)24-21(26)11-6-16-4-8-18(9-5-16)25-12-2-3-22(25)27/h4-11,15H,2-3,12-14H2,1H3,(H,24,26). The van der Waals surface area contributed by atoms with E-state index in [0.717, 1.165) is 24.2 Å². The fraction of sp³-hybridized carbons (Fsp3) is 0.273. The average Bonchev–Trinajstić information content (AvgIpc) is 3.14. The predicted octanol–water partition coefficient (Wildman–Crippen LogP) is 3.63. The minimum Gasteiger partial charge on any atom is -0.489 e. The zero-order chi connectivity index (χ0) is 20.6. The van der Waals surface area contributed by atoms with Crippen molar-refractivity contribution in [3.05, 3.63) is 59.9 Å². The molecule has 0 aliphatic carbocycles. The lowest BCUT2D eigenvalue weighted by Crippen LogP contribution is -2.23. The molecule has 0 aromatic heterocycles. The van der Waals surface area contributed by atoms with E-state index in [9.17, 15) is 14.0 Å². The van der Waals surface area contributed by atoms with Crippen LogP contribution < -0.4 is 15.0 Å². The highest BCUT2D eigenvalue weighted by Gasteiger charge is 2.21. The SMILES string of the molecule is COCCOc1ccc(F)cc1NC(=O)C=Cc1ccc(N2CCCC2=O)cc1. The molecule has 0 spiro atoms. The van der Waals surface area contributed by atoms with E-state index in [4.69, 9.17) is 9.47 Å². The van der Waals surface area contributed by atoms with Crippen molar-refractivity contribution in [1.29, 1.82) is 0 Å². The Bertz CT molecular complexity index is 896. The van der Waals surface area contributed by atoms with E-state index >= 15 is 0 Å². The van der Waals surface area contributed by atoms with Crippen LogP contribution in [0, 0.1) is 5.82 Å². The van der Waals surface area contributed by atoms with E-state index in [1.807, 2.05) is 24.3 Å². The van der Waals surface area contributed by atoms with Crippen molar-refractivity contribution in [3.8, 4) is 5.75 Å². The molecule has 3 rings (SSSR count). The summed E-state index contributed by atoms with van der Waals surface area (Å²) in [6.07, 6.45) is 4.46. The molecule has 1 aliphatic heterocycles. The number of rotatable bonds is 8. The summed E-state index contributed by atoms with van der Waals surface area (Å²) in [5.41, 5.74) is 1.91. The third-order valence-corrected chi connectivity index (χ3v) is 4.45. The van der Waals surface area contributed by atoms with Gasteiger partial charge in [0.2, 0.25) is 11.8 Å². The van der Waals surface area contributed by atoms with Crippen molar-refractivity contribution >= 4 is 29.3 Å². The second-order valence-electron chi connectivity index (χ2n) is 6.54. The second-order valence-corrected chi connectivity index (χ2v) is 6.54. The highest BCUT2D eigenvalue weighted by atomic mass is 19.1. The van der Waals surface area contributed by atoms with Crippen molar-refractivity contribution in [1.82, 2.24) is 0 Å². The Hall–Kier alpha value is -3.19. The largest absolute Gasteiger partial charge is 0.489 e. The van der Waals surface area contributed by atoms with Crippen LogP contribution in [0.25, 0.3) is 6.08 Å². The number of hydrogen-bond acceptors (Lipinski definition) is 4. The molecular formula is C22H23FN2O4. The molecular weight excluding hydrogens is 375 g/mol. The first-order valence-corrected chi connectivity index (χ1v) is 9.37. The molecule has 0 unspecified atom stereocenters. The van der Waals surface area contributed by atoms with Crippen molar-refractivity contribution in [3.63, 3.8) is 0 Å². The van der Waals surface area contributed by atoms with Gasteiger partial charge in [0.15, 0.2) is 0 Å². The van der Waals surface area contributed by atoms with E-state index in [2.05, 4.69) is 5.32 Å². The number of anilines is 2. The van der Waals surface area contributed by atoms with Gasteiger partial charge in [0.25, 0.3) is 0 Å². The molecule has 1 heterocycles. The van der Waals surface area contributed by atoms with Gasteiger partial charge < -0.3 is 19.7 Å². The zero-order valence-corrected chi connectivity index (χ0v) is 16.2. The lowest BCUT2D eigenvalue weighted by molar-refractivity contribution is -0.117. The van der Waals surface area contributed by atoms with Crippen LogP contribution in [0.15, 0.2) is 48.5 Å². The highest BCUT2D eigenvalue weighted by Crippen LogP contribution is 2.26. The number of methoxy groups -OCH3 is 1. The maximum absolute atomic E-state index is 13.6. The van der Waals surface area contributed by atoms with Gasteiger partial charge in [0, 0.05) is 37.9 Å². The van der Waals surface area contributed by atoms with Gasteiger partial charge >= 0.3 is 0 Å². The van der Waals surface area contributed by atoms with E-state index in [0.29, 0.717) is 18.8 Å². The van der Waals surface area contributed by atoms with Crippen LogP contribution in [0.3, 0.4) is 0 Å². The molecule has 1 N–H and O–H groups in total. The minimum atomic E-state index is -0.476. The molecule has 29 heavy (non-hydrogen) atoms. The van der Waals surface area contributed by atoms with Crippen molar-refractivity contribution in [2.75, 3.05) is 37.1 Å². The summed E-state index contributed by atoms with van der Waals surface area (Å²) in [7, 11) is 1.55. The fourth-order valence-electron chi connectivity index (χ4n) is 2.99. The van der Waals surface area contributed by atoms with E-state index < -0.39 is 11.7 Å². The third kappa shape index (κ3) is 5.65. The van der Waals surface area contributed by atoms with Crippen LogP contribution >= 0.6 is 0 Å². The summed E-state index contributed by atoms with van der Waals surface area (Å²) in [5.74, 6) is -0.391. The van der Waals surface area contributed by atoms with Gasteiger partial charge in [-0.25, -0.2) is 4.39 Å². The molecule has 2 aromatic carbocycles. The first-order chi connectivity index (χ1) is 14.1. The van der Waals surface area contributed by atoms with Gasteiger partial charge in [-0.1, -0.05) is 12.1 Å². The summed E-state index contributed by atoms with van der Waals surface area (Å²) in [5, 5.41) is 2.63. The maximum atomic E-state index is 13.6. The lowest BCUT2D eigenvalue weighted by atomic mass is 10.2. The molecule has 2 amide bonds. The summed E-state index contributed by atoms with van der Waals surface area (Å²) in [4.78, 5) is 25.8.